The Morgan fingerprint density at radius 2 is 1.66 bits per heavy atom. The number of carbonyl (C=O) groups excluding carboxylic acids is 3. The standard InChI is InChI=1S/C25H19FN2O4/c1-32-20-12-11-16(18(14-20)13-17-7-5-6-10-22(17)26)15-21-23(29)27-25(31)28(24(21)30)19-8-3-2-4-9-19/h2-12,14-15H,13H2,1H3,(H,27,29,31)/b21-15+. The minimum absolute atomic E-state index is 0.201. The number of ether oxygens (including phenoxy) is 1. The van der Waals surface area contributed by atoms with Gasteiger partial charge in [-0.3, -0.25) is 14.9 Å². The first-order valence-corrected chi connectivity index (χ1v) is 9.85. The molecule has 0 bridgehead atoms. The van der Waals surface area contributed by atoms with Crippen LogP contribution in [0.15, 0.2) is 78.4 Å². The van der Waals surface area contributed by atoms with Gasteiger partial charge in [-0.1, -0.05) is 42.5 Å². The fraction of sp³-hybridized carbons (Fsp3) is 0.0800. The van der Waals surface area contributed by atoms with E-state index in [0.717, 1.165) is 4.90 Å². The summed E-state index contributed by atoms with van der Waals surface area (Å²) in [6, 6.07) is 19.0. The molecule has 4 amide bonds. The molecule has 6 nitrogen and oxygen atoms in total. The van der Waals surface area contributed by atoms with E-state index in [2.05, 4.69) is 5.32 Å². The number of benzene rings is 3. The Balaban J connectivity index is 1.76. The smallest absolute Gasteiger partial charge is 0.335 e. The van der Waals surface area contributed by atoms with Crippen LogP contribution < -0.4 is 15.0 Å². The highest BCUT2D eigenvalue weighted by Gasteiger charge is 2.36. The number of hydrogen-bond acceptors (Lipinski definition) is 4. The number of methoxy groups -OCH3 is 1. The maximum atomic E-state index is 14.2. The molecule has 4 rings (SSSR count). The highest BCUT2D eigenvalue weighted by atomic mass is 19.1. The maximum absolute atomic E-state index is 14.2. The second kappa shape index (κ2) is 8.85. The van der Waals surface area contributed by atoms with Crippen LogP contribution in [0.25, 0.3) is 6.08 Å². The summed E-state index contributed by atoms with van der Waals surface area (Å²) in [5.74, 6) is -1.34. The molecule has 1 aliphatic heterocycles. The Labute approximate surface area is 183 Å². The molecule has 1 fully saturated rings. The molecular formula is C25H19FN2O4. The van der Waals surface area contributed by atoms with Crippen molar-refractivity contribution in [2.75, 3.05) is 12.0 Å². The van der Waals surface area contributed by atoms with Gasteiger partial charge in [0, 0.05) is 6.42 Å². The number of para-hydroxylation sites is 1. The summed E-state index contributed by atoms with van der Waals surface area (Å²) in [6.45, 7) is 0. The van der Waals surface area contributed by atoms with Crippen molar-refractivity contribution in [3.63, 3.8) is 0 Å². The van der Waals surface area contributed by atoms with Crippen molar-refractivity contribution in [3.05, 3.63) is 101 Å². The molecule has 7 heteroatoms. The topological polar surface area (TPSA) is 75.7 Å². The summed E-state index contributed by atoms with van der Waals surface area (Å²) in [6.07, 6.45) is 1.63. The van der Waals surface area contributed by atoms with Crippen LogP contribution in [0.5, 0.6) is 5.75 Å². The molecule has 0 radical (unpaired) electrons. The summed E-state index contributed by atoms with van der Waals surface area (Å²) in [5, 5.41) is 2.20. The van der Waals surface area contributed by atoms with Crippen molar-refractivity contribution < 1.29 is 23.5 Å². The summed E-state index contributed by atoms with van der Waals surface area (Å²) < 4.78 is 19.5. The average Bonchev–Trinajstić information content (AvgIpc) is 2.79. The molecule has 0 spiro atoms. The molecule has 0 aromatic heterocycles. The van der Waals surface area contributed by atoms with E-state index in [1.54, 1.807) is 66.7 Å². The zero-order chi connectivity index (χ0) is 22.7. The first-order chi connectivity index (χ1) is 15.5. The van der Waals surface area contributed by atoms with Gasteiger partial charge >= 0.3 is 6.03 Å². The first kappa shape index (κ1) is 21.0. The lowest BCUT2D eigenvalue weighted by molar-refractivity contribution is -0.122. The molecule has 1 saturated heterocycles. The first-order valence-electron chi connectivity index (χ1n) is 9.85. The number of carbonyl (C=O) groups is 3. The summed E-state index contributed by atoms with van der Waals surface area (Å²) in [4.78, 5) is 38.8. The van der Waals surface area contributed by atoms with E-state index in [1.165, 1.54) is 19.3 Å². The van der Waals surface area contributed by atoms with Crippen molar-refractivity contribution in [2.45, 2.75) is 6.42 Å². The second-order valence-electron chi connectivity index (χ2n) is 7.13. The number of amides is 4. The number of hydrogen-bond donors (Lipinski definition) is 1. The Hall–Kier alpha value is -4.26. The van der Waals surface area contributed by atoms with Gasteiger partial charge in [0.25, 0.3) is 11.8 Å². The van der Waals surface area contributed by atoms with Crippen molar-refractivity contribution in [1.29, 1.82) is 0 Å². The van der Waals surface area contributed by atoms with E-state index in [1.807, 2.05) is 0 Å². The minimum atomic E-state index is -0.815. The highest BCUT2D eigenvalue weighted by molar-refractivity contribution is 6.39. The number of nitrogens with zero attached hydrogens (tertiary/aromatic N) is 1. The molecule has 1 heterocycles. The molecular weight excluding hydrogens is 411 g/mol. The fourth-order valence-electron chi connectivity index (χ4n) is 3.47. The van der Waals surface area contributed by atoms with Crippen molar-refractivity contribution in [1.82, 2.24) is 5.32 Å². The van der Waals surface area contributed by atoms with Crippen LogP contribution in [0.4, 0.5) is 14.9 Å². The van der Waals surface area contributed by atoms with Crippen molar-refractivity contribution in [3.8, 4) is 5.75 Å². The van der Waals surface area contributed by atoms with Crippen LogP contribution in [-0.4, -0.2) is 25.0 Å². The monoisotopic (exact) mass is 430 g/mol. The van der Waals surface area contributed by atoms with Gasteiger partial charge in [-0.15, -0.1) is 0 Å². The van der Waals surface area contributed by atoms with Gasteiger partial charge < -0.3 is 4.74 Å². The second-order valence-corrected chi connectivity index (χ2v) is 7.13. The lowest BCUT2D eigenvalue weighted by atomic mass is 9.96. The van der Waals surface area contributed by atoms with E-state index < -0.39 is 17.8 Å². The molecule has 1 N–H and O–H groups in total. The zero-order valence-electron chi connectivity index (χ0n) is 17.2. The molecule has 0 saturated carbocycles. The van der Waals surface area contributed by atoms with Crippen LogP contribution in [0, 0.1) is 5.82 Å². The molecule has 0 unspecified atom stereocenters. The lowest BCUT2D eigenvalue weighted by Gasteiger charge is -2.26. The molecule has 0 aliphatic carbocycles. The third-order valence-corrected chi connectivity index (χ3v) is 5.10. The Bertz CT molecular complexity index is 1240. The predicted molar refractivity (Wildman–Crippen MR) is 118 cm³/mol. The number of halogens is 1. The van der Waals surface area contributed by atoms with Crippen molar-refractivity contribution in [2.24, 2.45) is 0 Å². The van der Waals surface area contributed by atoms with E-state index in [9.17, 15) is 18.8 Å². The van der Waals surface area contributed by atoms with E-state index in [4.69, 9.17) is 4.74 Å². The average molecular weight is 430 g/mol. The molecule has 160 valence electrons. The normalized spacial score (nSPS) is 15.1. The molecule has 0 atom stereocenters. The van der Waals surface area contributed by atoms with Gasteiger partial charge in [-0.25, -0.2) is 14.1 Å². The minimum Gasteiger partial charge on any atom is -0.497 e. The van der Waals surface area contributed by atoms with E-state index in [-0.39, 0.29) is 17.8 Å². The summed E-state index contributed by atoms with van der Waals surface area (Å²) >= 11 is 0. The third kappa shape index (κ3) is 4.13. The molecule has 3 aromatic carbocycles. The van der Waals surface area contributed by atoms with Gasteiger partial charge in [0.1, 0.15) is 17.1 Å². The van der Waals surface area contributed by atoms with E-state index >= 15 is 0 Å². The number of imide groups is 2. The largest absolute Gasteiger partial charge is 0.497 e. The third-order valence-electron chi connectivity index (χ3n) is 5.10. The Morgan fingerprint density at radius 3 is 2.38 bits per heavy atom. The fourth-order valence-corrected chi connectivity index (χ4v) is 3.47. The van der Waals surface area contributed by atoms with Gasteiger partial charge in [0.15, 0.2) is 0 Å². The molecule has 32 heavy (non-hydrogen) atoms. The van der Waals surface area contributed by atoms with Gasteiger partial charge in [0.2, 0.25) is 0 Å². The van der Waals surface area contributed by atoms with Gasteiger partial charge in [-0.2, -0.15) is 0 Å². The number of barbiturate groups is 1. The SMILES string of the molecule is COc1ccc(/C=C2\C(=O)NC(=O)N(c3ccccc3)C2=O)c(Cc2ccccc2F)c1. The zero-order valence-corrected chi connectivity index (χ0v) is 17.2. The summed E-state index contributed by atoms with van der Waals surface area (Å²) in [5.41, 5.74) is 1.80. The van der Waals surface area contributed by atoms with E-state index in [0.29, 0.717) is 28.1 Å². The highest BCUT2D eigenvalue weighted by Crippen LogP contribution is 2.26. The number of anilines is 1. The Kier molecular flexibility index (Phi) is 5.81. The van der Waals surface area contributed by atoms with Gasteiger partial charge in [0.05, 0.1) is 12.8 Å². The number of rotatable bonds is 5. The quantitative estimate of drug-likeness (QED) is 0.489. The van der Waals surface area contributed by atoms with Crippen LogP contribution in [0.2, 0.25) is 0 Å². The lowest BCUT2D eigenvalue weighted by Crippen LogP contribution is -2.54. The van der Waals surface area contributed by atoms with Crippen LogP contribution in [0.1, 0.15) is 16.7 Å². The summed E-state index contributed by atoms with van der Waals surface area (Å²) in [7, 11) is 1.52. The number of nitrogens with one attached hydrogen (secondary N) is 1. The predicted octanol–water partition coefficient (Wildman–Crippen LogP) is 4.09. The van der Waals surface area contributed by atoms with Crippen LogP contribution >= 0.6 is 0 Å². The van der Waals surface area contributed by atoms with Crippen LogP contribution in [-0.2, 0) is 16.0 Å². The molecule has 1 aliphatic rings. The van der Waals surface area contributed by atoms with Gasteiger partial charge in [-0.05, 0) is 53.1 Å². The maximum Gasteiger partial charge on any atom is 0.335 e. The number of urea groups is 1. The molecule has 3 aromatic rings. The van der Waals surface area contributed by atoms with Crippen LogP contribution in [0.3, 0.4) is 0 Å². The van der Waals surface area contributed by atoms with Crippen molar-refractivity contribution >= 4 is 29.6 Å². The Morgan fingerprint density at radius 1 is 0.938 bits per heavy atom.